The van der Waals surface area contributed by atoms with Gasteiger partial charge in [-0.2, -0.15) is 0 Å². The minimum absolute atomic E-state index is 0.119. The molecular formula is C19H24N2O2. The molecule has 0 aliphatic rings. The third-order valence-electron chi connectivity index (χ3n) is 4.14. The van der Waals surface area contributed by atoms with E-state index >= 15 is 0 Å². The number of nitro groups is 1. The van der Waals surface area contributed by atoms with E-state index in [1.807, 2.05) is 24.1 Å². The van der Waals surface area contributed by atoms with Gasteiger partial charge in [0, 0.05) is 18.8 Å². The molecule has 0 amide bonds. The van der Waals surface area contributed by atoms with Gasteiger partial charge in [0.05, 0.1) is 4.92 Å². The van der Waals surface area contributed by atoms with Crippen molar-refractivity contribution in [2.75, 3.05) is 11.9 Å². The fourth-order valence-corrected chi connectivity index (χ4v) is 2.84. The summed E-state index contributed by atoms with van der Waals surface area (Å²) >= 11 is 0. The van der Waals surface area contributed by atoms with E-state index in [2.05, 4.69) is 39.8 Å². The normalized spacial score (nSPS) is 11.1. The quantitative estimate of drug-likeness (QED) is 0.532. The van der Waals surface area contributed by atoms with Crippen molar-refractivity contribution in [1.82, 2.24) is 0 Å². The van der Waals surface area contributed by atoms with Crippen LogP contribution in [0.3, 0.4) is 0 Å². The molecule has 2 rings (SSSR count). The molecule has 122 valence electrons. The van der Waals surface area contributed by atoms with Crippen LogP contribution < -0.4 is 4.90 Å². The molecule has 0 saturated carbocycles. The van der Waals surface area contributed by atoms with Crippen molar-refractivity contribution in [1.29, 1.82) is 0 Å². The summed E-state index contributed by atoms with van der Waals surface area (Å²) in [5.74, 6) is 0.865. The molecule has 4 heteroatoms. The minimum atomic E-state index is -0.336. The van der Waals surface area contributed by atoms with Crippen LogP contribution in [0.2, 0.25) is 0 Å². The van der Waals surface area contributed by atoms with Crippen LogP contribution in [-0.2, 0) is 0 Å². The van der Waals surface area contributed by atoms with E-state index < -0.39 is 0 Å². The lowest BCUT2D eigenvalue weighted by molar-refractivity contribution is -0.384. The first-order chi connectivity index (χ1) is 10.8. The number of benzene rings is 2. The largest absolute Gasteiger partial charge is 0.339 e. The molecule has 0 saturated heterocycles. The second-order valence-corrected chi connectivity index (χ2v) is 6.43. The van der Waals surface area contributed by atoms with Crippen LogP contribution in [0, 0.1) is 10.1 Å². The Balaban J connectivity index is 2.50. The Hall–Kier alpha value is -2.36. The van der Waals surface area contributed by atoms with Gasteiger partial charge in [-0.15, -0.1) is 0 Å². The number of para-hydroxylation sites is 2. The van der Waals surface area contributed by atoms with Crippen molar-refractivity contribution >= 4 is 17.1 Å². The van der Waals surface area contributed by atoms with Gasteiger partial charge in [0.15, 0.2) is 0 Å². The summed E-state index contributed by atoms with van der Waals surface area (Å²) in [5, 5.41) is 11.3. The summed E-state index contributed by atoms with van der Waals surface area (Å²) in [6.07, 6.45) is 0. The van der Waals surface area contributed by atoms with Crippen LogP contribution in [0.1, 0.15) is 50.7 Å². The zero-order valence-corrected chi connectivity index (χ0v) is 14.4. The number of nitrogens with zero attached hydrogens (tertiary/aromatic N) is 2. The third kappa shape index (κ3) is 3.52. The first-order valence-electron chi connectivity index (χ1n) is 7.94. The smallest absolute Gasteiger partial charge is 0.292 e. The number of nitro benzene ring substituents is 1. The fraction of sp³-hybridized carbons (Fsp3) is 0.368. The van der Waals surface area contributed by atoms with Gasteiger partial charge in [0.25, 0.3) is 5.69 Å². The van der Waals surface area contributed by atoms with E-state index in [4.69, 9.17) is 0 Å². The van der Waals surface area contributed by atoms with Gasteiger partial charge in [-0.25, -0.2) is 0 Å². The van der Waals surface area contributed by atoms with Crippen molar-refractivity contribution in [2.24, 2.45) is 0 Å². The van der Waals surface area contributed by atoms with Crippen molar-refractivity contribution in [3.8, 4) is 0 Å². The van der Waals surface area contributed by atoms with E-state index in [0.29, 0.717) is 17.5 Å². The Labute approximate surface area is 137 Å². The maximum Gasteiger partial charge on any atom is 0.292 e. The highest BCUT2D eigenvalue weighted by Gasteiger charge is 2.19. The SMILES string of the molecule is CC(C)c1ccc(N(C)c2ccccc2[N+](=O)[O-])cc1C(C)C. The second kappa shape index (κ2) is 6.82. The molecule has 23 heavy (non-hydrogen) atoms. The molecule has 2 aromatic carbocycles. The van der Waals surface area contributed by atoms with E-state index in [-0.39, 0.29) is 10.6 Å². The molecule has 0 bridgehead atoms. The Morgan fingerprint density at radius 1 is 0.957 bits per heavy atom. The Kier molecular flexibility index (Phi) is 5.04. The highest BCUT2D eigenvalue weighted by Crippen LogP contribution is 2.35. The molecule has 2 aromatic rings. The molecule has 0 unspecified atom stereocenters. The lowest BCUT2D eigenvalue weighted by Crippen LogP contribution is -2.12. The van der Waals surface area contributed by atoms with Gasteiger partial charge in [0.2, 0.25) is 0 Å². The molecule has 0 heterocycles. The zero-order valence-electron chi connectivity index (χ0n) is 14.4. The summed E-state index contributed by atoms with van der Waals surface area (Å²) in [5.41, 5.74) is 4.31. The average molecular weight is 312 g/mol. The highest BCUT2D eigenvalue weighted by molar-refractivity contribution is 5.72. The van der Waals surface area contributed by atoms with Crippen LogP contribution in [0.25, 0.3) is 0 Å². The highest BCUT2D eigenvalue weighted by atomic mass is 16.6. The maximum absolute atomic E-state index is 11.3. The number of hydrogen-bond acceptors (Lipinski definition) is 3. The zero-order chi connectivity index (χ0) is 17.1. The topological polar surface area (TPSA) is 46.4 Å². The monoisotopic (exact) mass is 312 g/mol. The molecule has 0 atom stereocenters. The summed E-state index contributed by atoms with van der Waals surface area (Å²) in [7, 11) is 1.87. The van der Waals surface area contributed by atoms with Gasteiger partial charge in [0.1, 0.15) is 5.69 Å². The summed E-state index contributed by atoms with van der Waals surface area (Å²) < 4.78 is 0. The molecule has 0 fully saturated rings. The molecule has 0 aromatic heterocycles. The van der Waals surface area contributed by atoms with Crippen molar-refractivity contribution in [2.45, 2.75) is 39.5 Å². The molecule has 0 aliphatic carbocycles. The second-order valence-electron chi connectivity index (χ2n) is 6.43. The van der Waals surface area contributed by atoms with Crippen molar-refractivity contribution in [3.63, 3.8) is 0 Å². The van der Waals surface area contributed by atoms with E-state index in [1.54, 1.807) is 12.1 Å². The van der Waals surface area contributed by atoms with Crippen LogP contribution in [-0.4, -0.2) is 12.0 Å². The van der Waals surface area contributed by atoms with E-state index in [9.17, 15) is 10.1 Å². The van der Waals surface area contributed by atoms with Gasteiger partial charge in [-0.1, -0.05) is 45.9 Å². The number of rotatable bonds is 5. The molecular weight excluding hydrogens is 288 g/mol. The Morgan fingerprint density at radius 2 is 1.57 bits per heavy atom. The molecule has 0 N–H and O–H groups in total. The lowest BCUT2D eigenvalue weighted by Gasteiger charge is -2.23. The lowest BCUT2D eigenvalue weighted by atomic mass is 9.90. The fourth-order valence-electron chi connectivity index (χ4n) is 2.84. The Morgan fingerprint density at radius 3 is 2.13 bits per heavy atom. The summed E-state index contributed by atoms with van der Waals surface area (Å²) in [6.45, 7) is 8.73. The van der Waals surface area contributed by atoms with Crippen LogP contribution >= 0.6 is 0 Å². The van der Waals surface area contributed by atoms with Crippen LogP contribution in [0.15, 0.2) is 42.5 Å². The molecule has 4 nitrogen and oxygen atoms in total. The first kappa shape index (κ1) is 17.0. The van der Waals surface area contributed by atoms with Crippen LogP contribution in [0.4, 0.5) is 17.1 Å². The Bertz CT molecular complexity index is 708. The average Bonchev–Trinajstić information content (AvgIpc) is 2.53. The van der Waals surface area contributed by atoms with Gasteiger partial charge >= 0.3 is 0 Å². The standard InChI is InChI=1S/C19H24N2O2/c1-13(2)16-11-10-15(12-17(16)14(3)4)20(5)18-8-6-7-9-19(18)21(22)23/h6-14H,1-5H3. The number of hydrogen-bond donors (Lipinski definition) is 0. The summed E-state index contributed by atoms with van der Waals surface area (Å²) in [4.78, 5) is 12.8. The van der Waals surface area contributed by atoms with Crippen molar-refractivity contribution in [3.05, 3.63) is 63.7 Å². The van der Waals surface area contributed by atoms with E-state index in [1.165, 1.54) is 17.2 Å². The van der Waals surface area contributed by atoms with Gasteiger partial charge < -0.3 is 4.90 Å². The predicted molar refractivity (Wildman–Crippen MR) is 95.8 cm³/mol. The van der Waals surface area contributed by atoms with Crippen LogP contribution in [0.5, 0.6) is 0 Å². The van der Waals surface area contributed by atoms with Gasteiger partial charge in [-0.05, 0) is 41.2 Å². The van der Waals surface area contributed by atoms with Gasteiger partial charge in [-0.3, -0.25) is 10.1 Å². The predicted octanol–water partition coefficient (Wildman–Crippen LogP) is 5.61. The van der Waals surface area contributed by atoms with Crippen molar-refractivity contribution < 1.29 is 4.92 Å². The molecule has 0 radical (unpaired) electrons. The first-order valence-corrected chi connectivity index (χ1v) is 7.94. The third-order valence-corrected chi connectivity index (χ3v) is 4.14. The number of anilines is 2. The van der Waals surface area contributed by atoms with E-state index in [0.717, 1.165) is 5.69 Å². The molecule has 0 spiro atoms. The maximum atomic E-state index is 11.3. The summed E-state index contributed by atoms with van der Waals surface area (Å²) in [6, 6.07) is 13.2. The minimum Gasteiger partial charge on any atom is -0.339 e. The molecule has 0 aliphatic heterocycles.